The van der Waals surface area contributed by atoms with Gasteiger partial charge in [0.2, 0.25) is 0 Å². The smallest absolute Gasteiger partial charge is 0.0696 e. The molecule has 1 nitrogen and oxygen atoms in total. The van der Waals surface area contributed by atoms with Crippen LogP contribution in [-0.4, -0.2) is 4.98 Å². The van der Waals surface area contributed by atoms with Gasteiger partial charge in [0.15, 0.2) is 0 Å². The first-order valence-electron chi connectivity index (χ1n) is 6.57. The van der Waals surface area contributed by atoms with Gasteiger partial charge in [-0.2, -0.15) is 0 Å². The average Bonchev–Trinajstić information content (AvgIpc) is 2.38. The van der Waals surface area contributed by atoms with Crippen LogP contribution in [0.5, 0.6) is 0 Å². The second-order valence-electron chi connectivity index (χ2n) is 4.67. The molecule has 0 unspecified atom stereocenters. The summed E-state index contributed by atoms with van der Waals surface area (Å²) < 4.78 is 0. The van der Waals surface area contributed by atoms with Crippen LogP contribution >= 0.6 is 0 Å². The summed E-state index contributed by atoms with van der Waals surface area (Å²) in [7, 11) is 0. The molecule has 0 saturated heterocycles. The largest absolute Gasteiger partial charge is 0.256 e. The molecular formula is C17H23N. The van der Waals surface area contributed by atoms with Crippen LogP contribution in [-0.2, 0) is 0 Å². The highest BCUT2D eigenvalue weighted by molar-refractivity contribution is 5.70. The van der Waals surface area contributed by atoms with Crippen molar-refractivity contribution in [2.75, 3.05) is 0 Å². The lowest BCUT2D eigenvalue weighted by Gasteiger charge is -2.12. The lowest BCUT2D eigenvalue weighted by molar-refractivity contribution is 0.585. The van der Waals surface area contributed by atoms with Crippen molar-refractivity contribution < 1.29 is 0 Å². The van der Waals surface area contributed by atoms with Crippen molar-refractivity contribution >= 4 is 5.57 Å². The monoisotopic (exact) mass is 241 g/mol. The van der Waals surface area contributed by atoms with Crippen molar-refractivity contribution in [3.63, 3.8) is 0 Å². The van der Waals surface area contributed by atoms with Gasteiger partial charge in [-0.15, -0.1) is 0 Å². The molecule has 1 heteroatoms. The zero-order valence-electron chi connectivity index (χ0n) is 11.7. The highest BCUT2D eigenvalue weighted by atomic mass is 14.7. The van der Waals surface area contributed by atoms with Gasteiger partial charge in [0, 0.05) is 6.20 Å². The summed E-state index contributed by atoms with van der Waals surface area (Å²) in [6, 6.07) is 4.05. The first-order chi connectivity index (χ1) is 8.58. The van der Waals surface area contributed by atoms with Crippen LogP contribution in [0.3, 0.4) is 0 Å². The molecular weight excluding hydrogens is 218 g/mol. The molecule has 0 aliphatic rings. The van der Waals surface area contributed by atoms with Gasteiger partial charge in [0.05, 0.1) is 5.69 Å². The van der Waals surface area contributed by atoms with Gasteiger partial charge in [-0.1, -0.05) is 50.8 Å². The molecule has 0 bridgehead atoms. The van der Waals surface area contributed by atoms with Crippen molar-refractivity contribution in [3.05, 3.63) is 60.5 Å². The maximum absolute atomic E-state index is 4.36. The third-order valence-electron chi connectivity index (χ3n) is 3.25. The zero-order chi connectivity index (χ0) is 13.5. The van der Waals surface area contributed by atoms with Crippen LogP contribution in [0.1, 0.15) is 37.9 Å². The van der Waals surface area contributed by atoms with Gasteiger partial charge in [0.25, 0.3) is 0 Å². The molecule has 0 atom stereocenters. The van der Waals surface area contributed by atoms with Gasteiger partial charge in [-0.05, 0) is 42.9 Å². The number of hydrogen-bond acceptors (Lipinski definition) is 1. The fraction of sp³-hybridized carbons (Fsp3) is 0.353. The SMILES string of the molecule is C=C(C=CC(=C)C(CC)CC)c1ccc(C)cn1. The van der Waals surface area contributed by atoms with Crippen molar-refractivity contribution in [2.24, 2.45) is 5.92 Å². The predicted molar refractivity (Wildman–Crippen MR) is 80.4 cm³/mol. The Morgan fingerprint density at radius 3 is 2.39 bits per heavy atom. The molecule has 0 amide bonds. The zero-order valence-corrected chi connectivity index (χ0v) is 11.7. The summed E-state index contributed by atoms with van der Waals surface area (Å²) in [4.78, 5) is 4.36. The fourth-order valence-corrected chi connectivity index (χ4v) is 1.90. The van der Waals surface area contributed by atoms with E-state index in [-0.39, 0.29) is 0 Å². The highest BCUT2D eigenvalue weighted by Gasteiger charge is 2.05. The van der Waals surface area contributed by atoms with E-state index in [1.807, 2.05) is 25.3 Å². The van der Waals surface area contributed by atoms with Crippen LogP contribution in [0.25, 0.3) is 5.57 Å². The second-order valence-corrected chi connectivity index (χ2v) is 4.67. The Morgan fingerprint density at radius 1 is 1.22 bits per heavy atom. The number of aryl methyl sites for hydroxylation is 1. The second kappa shape index (κ2) is 6.95. The molecule has 96 valence electrons. The molecule has 1 aromatic heterocycles. The number of pyridine rings is 1. The molecule has 0 aliphatic heterocycles. The minimum Gasteiger partial charge on any atom is -0.256 e. The summed E-state index contributed by atoms with van der Waals surface area (Å²) in [6.45, 7) is 14.6. The molecule has 0 radical (unpaired) electrons. The maximum atomic E-state index is 4.36. The molecule has 1 rings (SSSR count). The minimum atomic E-state index is 0.569. The molecule has 0 spiro atoms. The molecule has 0 fully saturated rings. The number of hydrogen-bond donors (Lipinski definition) is 0. The minimum absolute atomic E-state index is 0.569. The lowest BCUT2D eigenvalue weighted by atomic mass is 9.94. The van der Waals surface area contributed by atoms with E-state index in [2.05, 4.69) is 44.1 Å². The van der Waals surface area contributed by atoms with Crippen LogP contribution in [0.4, 0.5) is 0 Å². The molecule has 0 N–H and O–H groups in total. The summed E-state index contributed by atoms with van der Waals surface area (Å²) in [6.07, 6.45) is 8.22. The van der Waals surface area contributed by atoms with Crippen LogP contribution in [0.15, 0.2) is 49.2 Å². The molecule has 18 heavy (non-hydrogen) atoms. The standard InChI is InChI=1S/C17H23N/c1-6-16(7-2)14(4)9-10-15(5)17-11-8-13(3)12-18-17/h8-12,16H,4-7H2,1-3H3. The van der Waals surface area contributed by atoms with E-state index in [9.17, 15) is 0 Å². The van der Waals surface area contributed by atoms with Crippen LogP contribution < -0.4 is 0 Å². The quantitative estimate of drug-likeness (QED) is 0.642. The Hall–Kier alpha value is -1.63. The van der Waals surface area contributed by atoms with E-state index in [1.165, 1.54) is 5.57 Å². The van der Waals surface area contributed by atoms with Crippen molar-refractivity contribution in [3.8, 4) is 0 Å². The normalized spacial score (nSPS) is 11.1. The number of aromatic nitrogens is 1. The van der Waals surface area contributed by atoms with E-state index < -0.39 is 0 Å². The van der Waals surface area contributed by atoms with Gasteiger partial charge in [-0.3, -0.25) is 4.98 Å². The van der Waals surface area contributed by atoms with E-state index in [0.29, 0.717) is 5.92 Å². The summed E-state index contributed by atoms with van der Waals surface area (Å²) in [5.41, 5.74) is 4.20. The third-order valence-corrected chi connectivity index (χ3v) is 3.25. The van der Waals surface area contributed by atoms with Crippen LogP contribution in [0, 0.1) is 12.8 Å². The summed E-state index contributed by atoms with van der Waals surface area (Å²) in [5.74, 6) is 0.569. The maximum Gasteiger partial charge on any atom is 0.0696 e. The molecule has 0 aliphatic carbocycles. The Balaban J connectivity index is 2.70. The molecule has 1 heterocycles. The predicted octanol–water partition coefficient (Wildman–Crippen LogP) is 4.95. The summed E-state index contributed by atoms with van der Waals surface area (Å²) >= 11 is 0. The van der Waals surface area contributed by atoms with Crippen molar-refractivity contribution in [1.82, 2.24) is 4.98 Å². The Morgan fingerprint density at radius 2 is 1.89 bits per heavy atom. The van der Waals surface area contributed by atoms with Gasteiger partial charge in [-0.25, -0.2) is 0 Å². The van der Waals surface area contributed by atoms with Crippen molar-refractivity contribution in [2.45, 2.75) is 33.6 Å². The lowest BCUT2D eigenvalue weighted by Crippen LogP contribution is -1.97. The Kier molecular flexibility index (Phi) is 5.57. The van der Waals surface area contributed by atoms with E-state index in [1.54, 1.807) is 0 Å². The fourth-order valence-electron chi connectivity index (χ4n) is 1.90. The first kappa shape index (κ1) is 14.4. The van der Waals surface area contributed by atoms with Crippen LogP contribution in [0.2, 0.25) is 0 Å². The van der Waals surface area contributed by atoms with Gasteiger partial charge >= 0.3 is 0 Å². The number of rotatable bonds is 6. The highest BCUT2D eigenvalue weighted by Crippen LogP contribution is 2.20. The van der Waals surface area contributed by atoms with E-state index in [4.69, 9.17) is 0 Å². The Labute approximate surface area is 111 Å². The average molecular weight is 241 g/mol. The number of nitrogens with zero attached hydrogens (tertiary/aromatic N) is 1. The topological polar surface area (TPSA) is 12.9 Å². The number of allylic oxidation sites excluding steroid dienone is 4. The van der Waals surface area contributed by atoms with Gasteiger partial charge in [0.1, 0.15) is 0 Å². The van der Waals surface area contributed by atoms with E-state index >= 15 is 0 Å². The third kappa shape index (κ3) is 3.99. The van der Waals surface area contributed by atoms with Crippen molar-refractivity contribution in [1.29, 1.82) is 0 Å². The Bertz CT molecular complexity index is 433. The molecule has 0 aromatic carbocycles. The first-order valence-corrected chi connectivity index (χ1v) is 6.57. The summed E-state index contributed by atoms with van der Waals surface area (Å²) in [5, 5.41) is 0. The molecule has 0 saturated carbocycles. The van der Waals surface area contributed by atoms with E-state index in [0.717, 1.165) is 29.7 Å². The van der Waals surface area contributed by atoms with Gasteiger partial charge < -0.3 is 0 Å². The molecule has 1 aromatic rings.